The quantitative estimate of drug-likeness (QED) is 0.893. The molecule has 2 aromatic rings. The van der Waals surface area contributed by atoms with Crippen molar-refractivity contribution in [3.8, 4) is 11.8 Å². The summed E-state index contributed by atoms with van der Waals surface area (Å²) >= 11 is 0. The lowest BCUT2D eigenvalue weighted by Crippen LogP contribution is -2.25. The number of benzene rings is 1. The van der Waals surface area contributed by atoms with E-state index < -0.39 is 5.92 Å². The van der Waals surface area contributed by atoms with Crippen molar-refractivity contribution in [2.45, 2.75) is 5.92 Å². The first kappa shape index (κ1) is 12.2. The molecule has 6 nitrogen and oxygen atoms in total. The van der Waals surface area contributed by atoms with E-state index in [2.05, 4.69) is 16.4 Å². The van der Waals surface area contributed by atoms with E-state index >= 15 is 0 Å². The summed E-state index contributed by atoms with van der Waals surface area (Å²) in [6.07, 6.45) is 3.45. The van der Waals surface area contributed by atoms with Crippen molar-refractivity contribution in [2.75, 3.05) is 11.9 Å². The van der Waals surface area contributed by atoms with E-state index in [1.807, 2.05) is 17.7 Å². The Kier molecular flexibility index (Phi) is 2.88. The number of fused-ring (bicyclic) bond motifs is 1. The zero-order valence-electron chi connectivity index (χ0n) is 10.8. The minimum absolute atomic E-state index is 0.0212. The number of hydrogen-bond donors (Lipinski definition) is 1. The van der Waals surface area contributed by atoms with E-state index in [1.54, 1.807) is 24.5 Å². The Labute approximate surface area is 115 Å². The van der Waals surface area contributed by atoms with Gasteiger partial charge in [-0.15, -0.1) is 0 Å². The number of ether oxygens (including phenoxy) is 1. The van der Waals surface area contributed by atoms with Gasteiger partial charge in [-0.25, -0.2) is 4.98 Å². The second-order valence-corrected chi connectivity index (χ2v) is 4.55. The standard InChI is InChI=1S/C14H12N4O2/c1-18-5-4-16-14(18)10(7-15)9-2-3-12-11(6-9)17-13(19)8-20-12/h2-6,10H,8H2,1H3,(H,17,19). The smallest absolute Gasteiger partial charge is 0.262 e. The Morgan fingerprint density at radius 3 is 3.10 bits per heavy atom. The van der Waals surface area contributed by atoms with Crippen LogP contribution in [-0.4, -0.2) is 22.1 Å². The number of anilines is 1. The Morgan fingerprint density at radius 1 is 1.55 bits per heavy atom. The number of rotatable bonds is 2. The van der Waals surface area contributed by atoms with E-state index in [1.165, 1.54) is 0 Å². The van der Waals surface area contributed by atoms with Crippen LogP contribution < -0.4 is 10.1 Å². The second kappa shape index (κ2) is 4.70. The predicted molar refractivity (Wildman–Crippen MR) is 71.2 cm³/mol. The van der Waals surface area contributed by atoms with Gasteiger partial charge in [-0.1, -0.05) is 6.07 Å². The molecule has 2 heterocycles. The topological polar surface area (TPSA) is 79.9 Å². The minimum Gasteiger partial charge on any atom is -0.482 e. The van der Waals surface area contributed by atoms with Crippen LogP contribution in [0.1, 0.15) is 17.3 Å². The van der Waals surface area contributed by atoms with Gasteiger partial charge in [0.15, 0.2) is 6.61 Å². The molecule has 0 fully saturated rings. The van der Waals surface area contributed by atoms with Crippen LogP contribution in [0.25, 0.3) is 0 Å². The number of hydrogen-bond acceptors (Lipinski definition) is 4. The molecule has 0 saturated carbocycles. The highest BCUT2D eigenvalue weighted by Gasteiger charge is 2.22. The number of aryl methyl sites for hydroxylation is 1. The first-order chi connectivity index (χ1) is 9.69. The summed E-state index contributed by atoms with van der Waals surface area (Å²) < 4.78 is 7.11. The molecule has 0 bridgehead atoms. The summed E-state index contributed by atoms with van der Waals surface area (Å²) in [6.45, 7) is 0.0212. The summed E-state index contributed by atoms with van der Waals surface area (Å²) in [5.41, 5.74) is 1.36. The number of aromatic nitrogens is 2. The molecule has 0 saturated heterocycles. The van der Waals surface area contributed by atoms with Gasteiger partial charge in [-0.2, -0.15) is 5.26 Å². The van der Waals surface area contributed by atoms with Crippen molar-refractivity contribution in [1.82, 2.24) is 9.55 Å². The predicted octanol–water partition coefficient (Wildman–Crippen LogP) is 1.41. The fourth-order valence-electron chi connectivity index (χ4n) is 2.22. The zero-order chi connectivity index (χ0) is 14.1. The molecule has 0 spiro atoms. The number of nitriles is 1. The molecule has 0 aliphatic carbocycles. The maximum atomic E-state index is 11.3. The monoisotopic (exact) mass is 268 g/mol. The van der Waals surface area contributed by atoms with Gasteiger partial charge in [-0.05, 0) is 17.7 Å². The molecule has 1 aromatic heterocycles. The third-order valence-corrected chi connectivity index (χ3v) is 3.22. The highest BCUT2D eigenvalue weighted by molar-refractivity contribution is 5.95. The number of amides is 1. The molecule has 3 rings (SSSR count). The highest BCUT2D eigenvalue weighted by Crippen LogP contribution is 2.32. The first-order valence-electron chi connectivity index (χ1n) is 6.12. The molecule has 1 aliphatic heterocycles. The van der Waals surface area contributed by atoms with Gasteiger partial charge in [-0.3, -0.25) is 4.79 Å². The Hall–Kier alpha value is -2.81. The molecule has 20 heavy (non-hydrogen) atoms. The summed E-state index contributed by atoms with van der Waals surface area (Å²) in [5, 5.41) is 12.1. The normalized spacial score (nSPS) is 14.7. The molecule has 1 atom stereocenters. The van der Waals surface area contributed by atoms with Crippen LogP contribution >= 0.6 is 0 Å². The number of nitrogens with zero attached hydrogens (tertiary/aromatic N) is 3. The minimum atomic E-state index is -0.487. The lowest BCUT2D eigenvalue weighted by molar-refractivity contribution is -0.118. The molecular formula is C14H12N4O2. The largest absolute Gasteiger partial charge is 0.482 e. The SMILES string of the molecule is Cn1ccnc1C(C#N)c1ccc2c(c1)NC(=O)CO2. The molecule has 100 valence electrons. The molecule has 0 radical (unpaired) electrons. The Bertz CT molecular complexity index is 714. The summed E-state index contributed by atoms with van der Waals surface area (Å²) in [6, 6.07) is 7.58. The number of carbonyl (C=O) groups excluding carboxylic acids is 1. The zero-order valence-corrected chi connectivity index (χ0v) is 10.8. The number of carbonyl (C=O) groups is 1. The summed E-state index contributed by atoms with van der Waals surface area (Å²) in [7, 11) is 1.84. The van der Waals surface area contributed by atoms with Crippen LogP contribution in [-0.2, 0) is 11.8 Å². The molecule has 1 aromatic carbocycles. The van der Waals surface area contributed by atoms with Crippen molar-refractivity contribution < 1.29 is 9.53 Å². The van der Waals surface area contributed by atoms with E-state index in [0.717, 1.165) is 5.56 Å². The third-order valence-electron chi connectivity index (χ3n) is 3.22. The van der Waals surface area contributed by atoms with Crippen LogP contribution in [0.15, 0.2) is 30.6 Å². The van der Waals surface area contributed by atoms with Crippen molar-refractivity contribution in [3.63, 3.8) is 0 Å². The molecule has 1 aliphatic rings. The van der Waals surface area contributed by atoms with Gasteiger partial charge >= 0.3 is 0 Å². The second-order valence-electron chi connectivity index (χ2n) is 4.55. The van der Waals surface area contributed by atoms with Gasteiger partial charge in [0.1, 0.15) is 17.5 Å². The van der Waals surface area contributed by atoms with Crippen molar-refractivity contribution >= 4 is 11.6 Å². The van der Waals surface area contributed by atoms with E-state index in [9.17, 15) is 10.1 Å². The average molecular weight is 268 g/mol. The lowest BCUT2D eigenvalue weighted by atomic mass is 9.98. The van der Waals surface area contributed by atoms with Crippen LogP contribution in [0.2, 0.25) is 0 Å². The maximum Gasteiger partial charge on any atom is 0.262 e. The van der Waals surface area contributed by atoms with Gasteiger partial charge < -0.3 is 14.6 Å². The summed E-state index contributed by atoms with van der Waals surface area (Å²) in [4.78, 5) is 15.6. The number of imidazole rings is 1. The van der Waals surface area contributed by atoms with E-state index in [-0.39, 0.29) is 12.5 Å². The van der Waals surface area contributed by atoms with Crippen molar-refractivity contribution in [1.29, 1.82) is 5.26 Å². The molecule has 1 unspecified atom stereocenters. The van der Waals surface area contributed by atoms with Crippen LogP contribution in [0, 0.1) is 11.3 Å². The van der Waals surface area contributed by atoms with Gasteiger partial charge in [0, 0.05) is 19.4 Å². The fraction of sp³-hybridized carbons (Fsp3) is 0.214. The van der Waals surface area contributed by atoms with Crippen molar-refractivity contribution in [3.05, 3.63) is 42.0 Å². The lowest BCUT2D eigenvalue weighted by Gasteiger charge is -2.19. The average Bonchev–Trinajstić information content (AvgIpc) is 2.86. The molecule has 6 heteroatoms. The molecule has 1 N–H and O–H groups in total. The van der Waals surface area contributed by atoms with E-state index in [4.69, 9.17) is 4.74 Å². The van der Waals surface area contributed by atoms with Gasteiger partial charge in [0.25, 0.3) is 5.91 Å². The first-order valence-corrected chi connectivity index (χ1v) is 6.12. The Morgan fingerprint density at radius 2 is 2.40 bits per heavy atom. The van der Waals surface area contributed by atoms with Crippen molar-refractivity contribution in [2.24, 2.45) is 7.05 Å². The highest BCUT2D eigenvalue weighted by atomic mass is 16.5. The Balaban J connectivity index is 2.02. The van der Waals surface area contributed by atoms with Crippen LogP contribution in [0.3, 0.4) is 0 Å². The van der Waals surface area contributed by atoms with Crippen LogP contribution in [0.4, 0.5) is 5.69 Å². The van der Waals surface area contributed by atoms with Gasteiger partial charge in [0.05, 0.1) is 11.8 Å². The fourth-order valence-corrected chi connectivity index (χ4v) is 2.22. The number of nitrogens with one attached hydrogen (secondary N) is 1. The maximum absolute atomic E-state index is 11.3. The third kappa shape index (κ3) is 1.99. The van der Waals surface area contributed by atoms with E-state index in [0.29, 0.717) is 17.3 Å². The van der Waals surface area contributed by atoms with Crippen LogP contribution in [0.5, 0.6) is 5.75 Å². The molecular weight excluding hydrogens is 256 g/mol. The molecule has 1 amide bonds. The van der Waals surface area contributed by atoms with Gasteiger partial charge in [0.2, 0.25) is 0 Å². The summed E-state index contributed by atoms with van der Waals surface area (Å²) in [5.74, 6) is 0.597.